The lowest BCUT2D eigenvalue weighted by Gasteiger charge is -2.20. The van der Waals surface area contributed by atoms with Gasteiger partial charge in [0, 0.05) is 22.6 Å². The molecule has 0 aliphatic heterocycles. The fourth-order valence-electron chi connectivity index (χ4n) is 3.17. The Morgan fingerprint density at radius 1 is 1.12 bits per heavy atom. The lowest BCUT2D eigenvalue weighted by atomic mass is 10.1. The zero-order chi connectivity index (χ0) is 18.8. The van der Waals surface area contributed by atoms with Crippen molar-refractivity contribution in [1.82, 2.24) is 9.97 Å². The molecule has 3 aromatic rings. The summed E-state index contributed by atoms with van der Waals surface area (Å²) in [5.74, 6) is 0.646. The highest BCUT2D eigenvalue weighted by atomic mass is 79.9. The molecule has 0 saturated carbocycles. The van der Waals surface area contributed by atoms with Crippen molar-refractivity contribution in [3.8, 4) is 0 Å². The Labute approximate surface area is 161 Å². The number of benzene rings is 2. The summed E-state index contributed by atoms with van der Waals surface area (Å²) in [4.78, 5) is 23.1. The number of carbonyl (C=O) groups is 1. The summed E-state index contributed by atoms with van der Waals surface area (Å²) in [5.41, 5.74) is 5.04. The van der Waals surface area contributed by atoms with E-state index in [0.717, 1.165) is 38.0 Å². The van der Waals surface area contributed by atoms with Crippen molar-refractivity contribution in [3.63, 3.8) is 0 Å². The summed E-state index contributed by atoms with van der Waals surface area (Å²) in [6, 6.07) is 9.98. The highest BCUT2D eigenvalue weighted by Gasteiger charge is 2.14. The van der Waals surface area contributed by atoms with E-state index in [2.05, 4.69) is 50.3 Å². The van der Waals surface area contributed by atoms with Gasteiger partial charge < -0.3 is 10.2 Å². The molecule has 3 rings (SSSR count). The molecule has 1 aromatic heterocycles. The molecule has 2 aromatic carbocycles. The van der Waals surface area contributed by atoms with E-state index in [0.29, 0.717) is 0 Å². The molecule has 0 unspecified atom stereocenters. The van der Waals surface area contributed by atoms with Crippen LogP contribution in [0.3, 0.4) is 0 Å². The van der Waals surface area contributed by atoms with Gasteiger partial charge in [0.2, 0.25) is 5.91 Å². The first-order valence-electron chi connectivity index (χ1n) is 8.34. The third-order valence-electron chi connectivity index (χ3n) is 4.26. The molecule has 0 radical (unpaired) electrons. The lowest BCUT2D eigenvalue weighted by Crippen LogP contribution is -2.31. The second-order valence-electron chi connectivity index (χ2n) is 6.54. The van der Waals surface area contributed by atoms with Crippen LogP contribution in [0.2, 0.25) is 0 Å². The van der Waals surface area contributed by atoms with E-state index in [1.165, 1.54) is 11.9 Å². The van der Waals surface area contributed by atoms with Crippen LogP contribution < -0.4 is 10.2 Å². The van der Waals surface area contributed by atoms with Gasteiger partial charge in [0.05, 0.1) is 12.1 Å². The fourth-order valence-corrected chi connectivity index (χ4v) is 3.53. The van der Waals surface area contributed by atoms with Gasteiger partial charge in [-0.05, 0) is 50.1 Å². The Morgan fingerprint density at radius 2 is 1.81 bits per heavy atom. The minimum atomic E-state index is -0.0793. The van der Waals surface area contributed by atoms with E-state index in [-0.39, 0.29) is 12.5 Å². The number of hydrogen-bond acceptors (Lipinski definition) is 4. The van der Waals surface area contributed by atoms with E-state index in [9.17, 15) is 4.79 Å². The number of hydrogen-bond donors (Lipinski definition) is 1. The number of nitrogens with one attached hydrogen (secondary N) is 1. The minimum absolute atomic E-state index is 0.0793. The number of halogens is 1. The van der Waals surface area contributed by atoms with Crippen molar-refractivity contribution >= 4 is 44.2 Å². The van der Waals surface area contributed by atoms with Gasteiger partial charge in [-0.25, -0.2) is 9.97 Å². The third kappa shape index (κ3) is 3.85. The maximum absolute atomic E-state index is 12.6. The van der Waals surface area contributed by atoms with Crippen LogP contribution in [0.1, 0.15) is 16.7 Å². The standard InChI is InChI=1S/C20H21BrN4O/c1-12-7-13(2)19(14(3)8-12)24-18(26)10-25(4)20-16-9-15(21)5-6-17(16)22-11-23-20/h5-9,11H,10H2,1-4H3,(H,24,26). The molecule has 6 heteroatoms. The quantitative estimate of drug-likeness (QED) is 0.689. The Hall–Kier alpha value is -2.47. The largest absolute Gasteiger partial charge is 0.350 e. The molecular weight excluding hydrogens is 392 g/mol. The van der Waals surface area contributed by atoms with E-state index in [1.54, 1.807) is 0 Å². The molecule has 26 heavy (non-hydrogen) atoms. The summed E-state index contributed by atoms with van der Waals surface area (Å²) < 4.78 is 0.949. The molecule has 1 N–H and O–H groups in total. The summed E-state index contributed by atoms with van der Waals surface area (Å²) in [5, 5.41) is 3.94. The first kappa shape index (κ1) is 18.3. The van der Waals surface area contributed by atoms with Gasteiger partial charge >= 0.3 is 0 Å². The third-order valence-corrected chi connectivity index (χ3v) is 4.75. The molecule has 0 bridgehead atoms. The molecule has 0 aliphatic rings. The monoisotopic (exact) mass is 412 g/mol. The van der Waals surface area contributed by atoms with Crippen LogP contribution >= 0.6 is 15.9 Å². The van der Waals surface area contributed by atoms with Crippen LogP contribution in [0.25, 0.3) is 10.9 Å². The number of amides is 1. The predicted octanol–water partition coefficient (Wildman–Crippen LogP) is 4.39. The van der Waals surface area contributed by atoms with Crippen LogP contribution in [0, 0.1) is 20.8 Å². The number of aromatic nitrogens is 2. The minimum Gasteiger partial charge on any atom is -0.350 e. The van der Waals surface area contributed by atoms with Crippen LogP contribution in [0.4, 0.5) is 11.5 Å². The van der Waals surface area contributed by atoms with E-state index in [1.807, 2.05) is 44.0 Å². The molecule has 0 atom stereocenters. The molecule has 1 amide bonds. The molecule has 5 nitrogen and oxygen atoms in total. The normalized spacial score (nSPS) is 10.8. The molecule has 0 fully saturated rings. The Morgan fingerprint density at radius 3 is 2.50 bits per heavy atom. The predicted molar refractivity (Wildman–Crippen MR) is 110 cm³/mol. The van der Waals surface area contributed by atoms with Gasteiger partial charge in [0.25, 0.3) is 0 Å². The molecule has 134 valence electrons. The van der Waals surface area contributed by atoms with E-state index < -0.39 is 0 Å². The van der Waals surface area contributed by atoms with Crippen molar-refractivity contribution < 1.29 is 4.79 Å². The van der Waals surface area contributed by atoms with Crippen LogP contribution in [0.15, 0.2) is 41.1 Å². The molecular formula is C20H21BrN4O. The number of rotatable bonds is 4. The maximum atomic E-state index is 12.6. The number of carbonyl (C=O) groups excluding carboxylic acids is 1. The smallest absolute Gasteiger partial charge is 0.243 e. The van der Waals surface area contributed by atoms with Gasteiger partial charge in [-0.3, -0.25) is 4.79 Å². The average Bonchev–Trinajstić information content (AvgIpc) is 2.57. The fraction of sp³-hybridized carbons (Fsp3) is 0.250. The first-order chi connectivity index (χ1) is 12.3. The summed E-state index contributed by atoms with van der Waals surface area (Å²) in [7, 11) is 1.86. The highest BCUT2D eigenvalue weighted by Crippen LogP contribution is 2.26. The second kappa shape index (κ2) is 7.41. The second-order valence-corrected chi connectivity index (χ2v) is 7.45. The van der Waals surface area contributed by atoms with Crippen LogP contribution in [-0.4, -0.2) is 29.5 Å². The topological polar surface area (TPSA) is 58.1 Å². The summed E-state index contributed by atoms with van der Waals surface area (Å²) in [6.45, 7) is 6.27. The SMILES string of the molecule is Cc1cc(C)c(NC(=O)CN(C)c2ncnc3ccc(Br)cc23)c(C)c1. The molecule has 0 spiro atoms. The zero-order valence-corrected chi connectivity index (χ0v) is 16.9. The van der Waals surface area contributed by atoms with E-state index >= 15 is 0 Å². The Bertz CT molecular complexity index is 964. The number of likely N-dealkylation sites (N-methyl/N-ethyl adjacent to an activating group) is 1. The van der Waals surface area contributed by atoms with Crippen molar-refractivity contribution in [2.45, 2.75) is 20.8 Å². The Kier molecular flexibility index (Phi) is 5.23. The van der Waals surface area contributed by atoms with Gasteiger partial charge in [-0.15, -0.1) is 0 Å². The number of anilines is 2. The van der Waals surface area contributed by atoms with Crippen molar-refractivity contribution in [1.29, 1.82) is 0 Å². The van der Waals surface area contributed by atoms with Crippen molar-refractivity contribution in [3.05, 3.63) is 57.8 Å². The lowest BCUT2D eigenvalue weighted by molar-refractivity contribution is -0.114. The highest BCUT2D eigenvalue weighted by molar-refractivity contribution is 9.10. The zero-order valence-electron chi connectivity index (χ0n) is 15.3. The average molecular weight is 413 g/mol. The maximum Gasteiger partial charge on any atom is 0.243 e. The van der Waals surface area contributed by atoms with Crippen LogP contribution in [-0.2, 0) is 4.79 Å². The molecule has 0 aliphatic carbocycles. The summed E-state index contributed by atoms with van der Waals surface area (Å²) >= 11 is 3.48. The summed E-state index contributed by atoms with van der Waals surface area (Å²) in [6.07, 6.45) is 1.52. The number of aryl methyl sites for hydroxylation is 3. The van der Waals surface area contributed by atoms with Crippen molar-refractivity contribution in [2.24, 2.45) is 0 Å². The van der Waals surface area contributed by atoms with Crippen LogP contribution in [0.5, 0.6) is 0 Å². The van der Waals surface area contributed by atoms with E-state index in [4.69, 9.17) is 0 Å². The molecule has 1 heterocycles. The number of fused-ring (bicyclic) bond motifs is 1. The van der Waals surface area contributed by atoms with Gasteiger partial charge in [-0.2, -0.15) is 0 Å². The van der Waals surface area contributed by atoms with Gasteiger partial charge in [0.15, 0.2) is 0 Å². The van der Waals surface area contributed by atoms with Crippen molar-refractivity contribution in [2.75, 3.05) is 23.8 Å². The molecule has 0 saturated heterocycles. The van der Waals surface area contributed by atoms with Gasteiger partial charge in [0.1, 0.15) is 12.1 Å². The van der Waals surface area contributed by atoms with Gasteiger partial charge in [-0.1, -0.05) is 33.6 Å². The number of nitrogens with zero attached hydrogens (tertiary/aromatic N) is 3. The first-order valence-corrected chi connectivity index (χ1v) is 9.13. The Balaban J connectivity index is 1.81.